The van der Waals surface area contributed by atoms with Crippen LogP contribution in [0.5, 0.6) is 0 Å². The average molecular weight is 681 g/mol. The molecule has 0 amide bonds. The molecule has 0 aromatic rings. The van der Waals surface area contributed by atoms with Gasteiger partial charge in [-0.2, -0.15) is 0 Å². The Hall–Kier alpha value is -1.59. The summed E-state index contributed by atoms with van der Waals surface area (Å²) in [7, 11) is 0. The highest BCUT2D eigenvalue weighted by Gasteiger charge is 2.19. The quantitative estimate of drug-likeness (QED) is 0.0376. The molecule has 0 aromatic heterocycles. The Bertz CT molecular complexity index is 746. The van der Waals surface area contributed by atoms with Crippen LogP contribution >= 0.6 is 0 Å². The van der Waals surface area contributed by atoms with Gasteiger partial charge in [0.2, 0.25) is 0 Å². The third kappa shape index (κ3) is 35.7. The number of carbonyl (C=O) groups is 3. The molecule has 0 aromatic carbocycles. The Labute approximate surface area is 298 Å². The van der Waals surface area contributed by atoms with Crippen LogP contribution in [0.1, 0.15) is 215 Å². The fourth-order valence-corrected chi connectivity index (χ4v) is 5.99. The fourth-order valence-electron chi connectivity index (χ4n) is 5.99. The summed E-state index contributed by atoms with van der Waals surface area (Å²) < 4.78 is 16.6. The van der Waals surface area contributed by atoms with Gasteiger partial charge in [-0.15, -0.1) is 0 Å². The summed E-state index contributed by atoms with van der Waals surface area (Å²) in [5.41, 5.74) is 0. The first-order valence-corrected chi connectivity index (χ1v) is 20.6. The molecule has 0 fully saturated rings. The highest BCUT2D eigenvalue weighted by atomic mass is 16.6. The minimum atomic E-state index is -0.761. The zero-order valence-electron chi connectivity index (χ0n) is 32.8. The number of hydrogen-bond acceptors (Lipinski definition) is 6. The molecule has 0 aliphatic heterocycles. The molecule has 0 radical (unpaired) electrons. The third-order valence-electron chi connectivity index (χ3n) is 9.15. The van der Waals surface area contributed by atoms with E-state index >= 15 is 0 Å². The van der Waals surface area contributed by atoms with Gasteiger partial charge in [0.05, 0.1) is 0 Å². The molecule has 0 aliphatic carbocycles. The van der Waals surface area contributed by atoms with E-state index in [0.717, 1.165) is 75.5 Å². The van der Waals surface area contributed by atoms with Gasteiger partial charge in [-0.25, -0.2) is 0 Å². The van der Waals surface area contributed by atoms with Crippen LogP contribution < -0.4 is 0 Å². The van der Waals surface area contributed by atoms with E-state index in [2.05, 4.69) is 41.5 Å². The maximum atomic E-state index is 12.6. The van der Waals surface area contributed by atoms with Crippen LogP contribution in [0.25, 0.3) is 0 Å². The van der Waals surface area contributed by atoms with E-state index in [9.17, 15) is 14.4 Å². The molecule has 0 saturated carbocycles. The first-order valence-electron chi connectivity index (χ1n) is 20.6. The van der Waals surface area contributed by atoms with Crippen LogP contribution in [0.4, 0.5) is 0 Å². The first kappa shape index (κ1) is 46.4. The van der Waals surface area contributed by atoms with Gasteiger partial charge < -0.3 is 14.2 Å². The van der Waals surface area contributed by atoms with Crippen molar-refractivity contribution < 1.29 is 28.6 Å². The molecule has 284 valence electrons. The minimum absolute atomic E-state index is 0.0686. The molecule has 0 heterocycles. The smallest absolute Gasteiger partial charge is 0.306 e. The Morgan fingerprint density at radius 2 is 0.604 bits per heavy atom. The lowest BCUT2D eigenvalue weighted by atomic mass is 10.0. The lowest BCUT2D eigenvalue weighted by Crippen LogP contribution is -2.30. The number of ether oxygens (including phenoxy) is 3. The van der Waals surface area contributed by atoms with Gasteiger partial charge in [0, 0.05) is 19.3 Å². The molecule has 0 rings (SSSR count). The van der Waals surface area contributed by atoms with Gasteiger partial charge in [-0.3, -0.25) is 14.4 Å². The van der Waals surface area contributed by atoms with E-state index in [1.807, 2.05) is 0 Å². The Morgan fingerprint density at radius 3 is 0.896 bits per heavy atom. The van der Waals surface area contributed by atoms with Crippen molar-refractivity contribution in [1.82, 2.24) is 0 Å². The van der Waals surface area contributed by atoms with Crippen molar-refractivity contribution in [3.63, 3.8) is 0 Å². The van der Waals surface area contributed by atoms with Crippen LogP contribution in [0.3, 0.4) is 0 Å². The number of carbonyl (C=O) groups excluding carboxylic acids is 3. The normalized spacial score (nSPS) is 12.2. The van der Waals surface area contributed by atoms with Crippen molar-refractivity contribution in [3.05, 3.63) is 0 Å². The second kappa shape index (κ2) is 33.9. The number of unbranched alkanes of at least 4 members (excludes halogenated alkanes) is 18. The summed E-state index contributed by atoms with van der Waals surface area (Å²) in [5, 5.41) is 0. The van der Waals surface area contributed by atoms with Crippen LogP contribution in [0.15, 0.2) is 0 Å². The van der Waals surface area contributed by atoms with E-state index in [1.54, 1.807) is 0 Å². The second-order valence-corrected chi connectivity index (χ2v) is 15.7. The van der Waals surface area contributed by atoms with E-state index in [0.29, 0.717) is 19.3 Å². The molecular weight excluding hydrogens is 600 g/mol. The van der Waals surface area contributed by atoms with E-state index in [4.69, 9.17) is 14.2 Å². The largest absolute Gasteiger partial charge is 0.462 e. The molecular formula is C42H80O6. The monoisotopic (exact) mass is 681 g/mol. The van der Waals surface area contributed by atoms with Crippen molar-refractivity contribution >= 4 is 17.9 Å². The lowest BCUT2D eigenvalue weighted by molar-refractivity contribution is -0.167. The van der Waals surface area contributed by atoms with E-state index in [1.165, 1.54) is 96.3 Å². The highest BCUT2D eigenvalue weighted by Crippen LogP contribution is 2.16. The van der Waals surface area contributed by atoms with Crippen molar-refractivity contribution in [2.24, 2.45) is 17.8 Å². The molecule has 0 N–H and O–H groups in total. The van der Waals surface area contributed by atoms with Crippen molar-refractivity contribution in [2.45, 2.75) is 221 Å². The molecule has 48 heavy (non-hydrogen) atoms. The Kier molecular flexibility index (Phi) is 32.8. The molecule has 0 bridgehead atoms. The third-order valence-corrected chi connectivity index (χ3v) is 9.15. The summed E-state index contributed by atoms with van der Waals surface area (Å²) in [5.74, 6) is 1.46. The zero-order chi connectivity index (χ0) is 35.7. The fraction of sp³-hybridized carbons (Fsp3) is 0.929. The summed E-state index contributed by atoms with van der Waals surface area (Å²) in [6.45, 7) is 13.5. The number of esters is 3. The van der Waals surface area contributed by atoms with Gasteiger partial charge in [0.1, 0.15) is 13.2 Å². The van der Waals surface area contributed by atoms with Gasteiger partial charge in [-0.1, -0.05) is 176 Å². The van der Waals surface area contributed by atoms with Crippen LogP contribution in [0.2, 0.25) is 0 Å². The number of rotatable bonds is 35. The predicted molar refractivity (Wildman–Crippen MR) is 201 cm³/mol. The molecule has 6 nitrogen and oxygen atoms in total. The maximum Gasteiger partial charge on any atom is 0.306 e. The van der Waals surface area contributed by atoms with Crippen LogP contribution in [0, 0.1) is 17.8 Å². The van der Waals surface area contributed by atoms with E-state index < -0.39 is 6.10 Å². The Morgan fingerprint density at radius 1 is 0.354 bits per heavy atom. The SMILES string of the molecule is CC(C)CCCCCCCCCCC(=O)O[C@@H](COC(=O)CCCCCCCCCC(C)C)COC(=O)CCCCCCCCC(C)C. The lowest BCUT2D eigenvalue weighted by Gasteiger charge is -2.18. The number of hydrogen-bond donors (Lipinski definition) is 0. The molecule has 6 heteroatoms. The highest BCUT2D eigenvalue weighted by molar-refractivity contribution is 5.71. The molecule has 0 spiro atoms. The minimum Gasteiger partial charge on any atom is -0.462 e. The summed E-state index contributed by atoms with van der Waals surface area (Å²) in [6.07, 6.45) is 28.3. The maximum absolute atomic E-state index is 12.6. The van der Waals surface area contributed by atoms with Gasteiger partial charge in [-0.05, 0) is 37.0 Å². The predicted octanol–water partition coefficient (Wildman–Crippen LogP) is 12.5. The Balaban J connectivity index is 4.37. The first-order chi connectivity index (χ1) is 23.1. The molecule has 0 unspecified atom stereocenters. The van der Waals surface area contributed by atoms with Crippen molar-refractivity contribution in [2.75, 3.05) is 13.2 Å². The summed E-state index contributed by atoms with van der Waals surface area (Å²) in [4.78, 5) is 37.5. The summed E-state index contributed by atoms with van der Waals surface area (Å²) in [6, 6.07) is 0. The van der Waals surface area contributed by atoms with Gasteiger partial charge >= 0.3 is 17.9 Å². The van der Waals surface area contributed by atoms with Crippen molar-refractivity contribution in [3.8, 4) is 0 Å². The van der Waals surface area contributed by atoms with Gasteiger partial charge in [0.25, 0.3) is 0 Å². The molecule has 0 saturated heterocycles. The topological polar surface area (TPSA) is 78.9 Å². The van der Waals surface area contributed by atoms with E-state index in [-0.39, 0.29) is 31.1 Å². The van der Waals surface area contributed by atoms with Crippen LogP contribution in [-0.2, 0) is 28.6 Å². The van der Waals surface area contributed by atoms with Crippen molar-refractivity contribution in [1.29, 1.82) is 0 Å². The summed E-state index contributed by atoms with van der Waals surface area (Å²) >= 11 is 0. The van der Waals surface area contributed by atoms with Crippen LogP contribution in [-0.4, -0.2) is 37.2 Å². The average Bonchev–Trinajstić information content (AvgIpc) is 3.03. The zero-order valence-corrected chi connectivity index (χ0v) is 32.8. The molecule has 0 aliphatic rings. The van der Waals surface area contributed by atoms with Gasteiger partial charge in [0.15, 0.2) is 6.10 Å². The molecule has 1 atom stereocenters. The standard InChI is InChI=1S/C42H80O6/c1-36(2)28-22-16-10-7-8-12-21-27-33-42(45)48-39(35-47-41(44)32-26-20-15-14-18-24-30-38(5)6)34-46-40(43)31-25-19-13-9-11-17-23-29-37(3)4/h36-39H,7-35H2,1-6H3/t39-/m0/s1. The second-order valence-electron chi connectivity index (χ2n) is 15.7.